The first-order valence-electron chi connectivity index (χ1n) is 9.28. The van der Waals surface area contributed by atoms with Crippen molar-refractivity contribution in [1.82, 2.24) is 9.97 Å². The maximum absolute atomic E-state index is 4.90. The Labute approximate surface area is 141 Å². The van der Waals surface area contributed by atoms with Crippen LogP contribution in [0, 0.1) is 0 Å². The predicted molar refractivity (Wildman–Crippen MR) is 101 cm³/mol. The van der Waals surface area contributed by atoms with Crippen molar-refractivity contribution in [3.05, 3.63) is 12.4 Å². The molecule has 0 saturated heterocycles. The molecule has 0 amide bonds. The van der Waals surface area contributed by atoms with E-state index in [4.69, 9.17) is 4.98 Å². The van der Waals surface area contributed by atoms with Crippen LogP contribution in [-0.4, -0.2) is 34.9 Å². The summed E-state index contributed by atoms with van der Waals surface area (Å²) in [5.41, 5.74) is 0. The van der Waals surface area contributed by atoms with Crippen molar-refractivity contribution >= 4 is 27.9 Å². The van der Waals surface area contributed by atoms with Gasteiger partial charge in [-0.2, -0.15) is 0 Å². The van der Waals surface area contributed by atoms with Crippen LogP contribution in [0.5, 0.6) is 0 Å². The van der Waals surface area contributed by atoms with Crippen LogP contribution in [0.1, 0.15) is 66.2 Å². The van der Waals surface area contributed by atoms with Crippen molar-refractivity contribution in [1.29, 1.82) is 0 Å². The van der Waals surface area contributed by atoms with Gasteiger partial charge in [0.05, 0.1) is 0 Å². The molecule has 3 nitrogen and oxygen atoms in total. The van der Waals surface area contributed by atoms with Crippen molar-refractivity contribution in [3.8, 4) is 0 Å². The summed E-state index contributed by atoms with van der Waals surface area (Å²) in [6.45, 7) is 9.95. The van der Waals surface area contributed by atoms with Gasteiger partial charge in [0, 0.05) is 0 Å². The van der Waals surface area contributed by atoms with Gasteiger partial charge in [-0.1, -0.05) is 0 Å². The van der Waals surface area contributed by atoms with Gasteiger partial charge in [-0.15, -0.1) is 0 Å². The number of nitrogens with zero attached hydrogens (tertiary/aromatic N) is 2. The van der Waals surface area contributed by atoms with Crippen LogP contribution in [0.15, 0.2) is 12.4 Å². The Morgan fingerprint density at radius 1 is 0.818 bits per heavy atom. The molecule has 1 rings (SSSR count). The van der Waals surface area contributed by atoms with Crippen molar-refractivity contribution in [2.45, 2.75) is 79.5 Å². The van der Waals surface area contributed by atoms with Gasteiger partial charge in [-0.25, -0.2) is 0 Å². The zero-order valence-electron chi connectivity index (χ0n) is 15.1. The normalized spacial score (nSPS) is 11.6. The van der Waals surface area contributed by atoms with E-state index in [2.05, 4.69) is 44.2 Å². The molecule has 0 aliphatic rings. The van der Waals surface area contributed by atoms with E-state index in [1.807, 2.05) is 6.20 Å². The van der Waals surface area contributed by atoms with E-state index in [-0.39, 0.29) is 0 Å². The Bertz CT molecular complexity index is 370. The Kier molecular flexibility index (Phi) is 10.1. The van der Waals surface area contributed by atoms with E-state index < -0.39 is 18.4 Å². The molecule has 0 unspecified atom stereocenters. The average molecular weight is 412 g/mol. The molecule has 0 fully saturated rings. The van der Waals surface area contributed by atoms with Gasteiger partial charge >= 0.3 is 142 Å². The summed E-state index contributed by atoms with van der Waals surface area (Å²) >= 11 is -2.36. The second-order valence-electron chi connectivity index (χ2n) is 6.41. The average Bonchev–Trinajstić information content (AvgIpc) is 2.56. The van der Waals surface area contributed by atoms with Crippen LogP contribution in [0.25, 0.3) is 0 Å². The first-order valence-corrected chi connectivity index (χ1v) is 16.8. The molecule has 0 aliphatic heterocycles. The number of rotatable bonds is 12. The maximum atomic E-state index is 4.90. The number of aromatic nitrogens is 2. The number of nitrogens with one attached hydrogen (secondary N) is 1. The third-order valence-electron chi connectivity index (χ3n) is 4.58. The monoisotopic (exact) mass is 413 g/mol. The molecule has 0 aliphatic carbocycles. The van der Waals surface area contributed by atoms with E-state index in [9.17, 15) is 0 Å². The summed E-state index contributed by atoms with van der Waals surface area (Å²) in [5, 5.41) is 3.27. The Balaban J connectivity index is 3.01. The van der Waals surface area contributed by atoms with Crippen molar-refractivity contribution in [3.63, 3.8) is 0 Å². The number of hydrogen-bond donors (Lipinski definition) is 1. The van der Waals surface area contributed by atoms with E-state index in [0.29, 0.717) is 0 Å². The molecule has 1 N–H and O–H groups in total. The van der Waals surface area contributed by atoms with Gasteiger partial charge in [-0.05, 0) is 0 Å². The molecule has 1 heterocycles. The number of anilines is 1. The van der Waals surface area contributed by atoms with Crippen LogP contribution < -0.4 is 9.03 Å². The third kappa shape index (κ3) is 6.05. The molecule has 0 saturated carbocycles. The zero-order chi connectivity index (χ0) is 16.3. The van der Waals surface area contributed by atoms with E-state index in [0.717, 1.165) is 12.4 Å². The first-order chi connectivity index (χ1) is 10.7. The molecule has 0 spiro atoms. The van der Waals surface area contributed by atoms with Gasteiger partial charge in [0.1, 0.15) is 0 Å². The first kappa shape index (κ1) is 19.7. The predicted octanol–water partition coefficient (Wildman–Crippen LogP) is 4.96. The molecule has 0 radical (unpaired) electrons. The second kappa shape index (κ2) is 11.3. The molecule has 126 valence electrons. The Hall–Kier alpha value is -0.321. The molecule has 1 aromatic heterocycles. The summed E-state index contributed by atoms with van der Waals surface area (Å²) in [5.74, 6) is 0.924. The number of unbranched alkanes of at least 4 members (excludes halogenated alkanes) is 3. The van der Waals surface area contributed by atoms with Gasteiger partial charge in [0.2, 0.25) is 0 Å². The minimum absolute atomic E-state index is 0.907. The Morgan fingerprint density at radius 2 is 1.36 bits per heavy atom. The fourth-order valence-corrected chi connectivity index (χ4v) is 18.3. The van der Waals surface area contributed by atoms with E-state index >= 15 is 0 Å². The van der Waals surface area contributed by atoms with Crippen LogP contribution in [-0.2, 0) is 0 Å². The third-order valence-corrected chi connectivity index (χ3v) is 19.6. The van der Waals surface area contributed by atoms with E-state index in [1.54, 1.807) is 0 Å². The van der Waals surface area contributed by atoms with Crippen LogP contribution >= 0.6 is 0 Å². The zero-order valence-corrected chi connectivity index (χ0v) is 18.0. The summed E-state index contributed by atoms with van der Waals surface area (Å²) in [7, 11) is 0. The van der Waals surface area contributed by atoms with Gasteiger partial charge in [-0.3, -0.25) is 0 Å². The second-order valence-corrected chi connectivity index (χ2v) is 19.5. The standard InChI is InChI=1S/C6H8N3.3C4H9.Sn/c1-2-8-6-5-7-3-4-9-6;3*1-3-4-2;/h4-5H,2H2,1H3,(H,8,9);3*1,3-4H2,2H3;. The van der Waals surface area contributed by atoms with Gasteiger partial charge in [0.15, 0.2) is 0 Å². The molecular formula is C18H35N3Sn. The molecule has 22 heavy (non-hydrogen) atoms. The SMILES string of the molecule is CCC[CH2][Sn]([CH2]CCC)([CH2]CCC)[c]1cnc(NCC)cn1. The number of hydrogen-bond acceptors (Lipinski definition) is 3. The van der Waals surface area contributed by atoms with Crippen LogP contribution in [0.2, 0.25) is 13.3 Å². The van der Waals surface area contributed by atoms with Crippen molar-refractivity contribution in [2.75, 3.05) is 11.9 Å². The Morgan fingerprint density at radius 3 is 1.73 bits per heavy atom. The van der Waals surface area contributed by atoms with Crippen LogP contribution in [0.3, 0.4) is 0 Å². The summed E-state index contributed by atoms with van der Waals surface area (Å²) in [6.07, 6.45) is 12.1. The summed E-state index contributed by atoms with van der Waals surface area (Å²) < 4.78 is 5.80. The molecule has 0 atom stereocenters. The van der Waals surface area contributed by atoms with Crippen LogP contribution in [0.4, 0.5) is 5.82 Å². The summed E-state index contributed by atoms with van der Waals surface area (Å²) in [4.78, 5) is 9.53. The quantitative estimate of drug-likeness (QED) is 0.493. The fraction of sp³-hybridized carbons (Fsp3) is 0.778. The van der Waals surface area contributed by atoms with Crippen molar-refractivity contribution < 1.29 is 0 Å². The topological polar surface area (TPSA) is 37.8 Å². The molecule has 0 bridgehead atoms. The van der Waals surface area contributed by atoms with Gasteiger partial charge < -0.3 is 0 Å². The van der Waals surface area contributed by atoms with Gasteiger partial charge in [0.25, 0.3) is 0 Å². The van der Waals surface area contributed by atoms with E-state index in [1.165, 1.54) is 55.5 Å². The molecule has 0 aromatic carbocycles. The molecule has 4 heteroatoms. The molecular weight excluding hydrogens is 377 g/mol. The molecule has 1 aromatic rings. The minimum atomic E-state index is -2.36. The van der Waals surface area contributed by atoms with Crippen molar-refractivity contribution in [2.24, 2.45) is 0 Å². The summed E-state index contributed by atoms with van der Waals surface area (Å²) in [6, 6.07) is 0. The fourth-order valence-electron chi connectivity index (χ4n) is 3.18.